The molecule has 144 valence electrons. The number of carbonyl (C=O) groups is 2. The summed E-state index contributed by atoms with van der Waals surface area (Å²) in [7, 11) is 1.57. The van der Waals surface area contributed by atoms with Crippen molar-refractivity contribution in [3.05, 3.63) is 22.7 Å². The number of likely N-dealkylation sites (tertiary alicyclic amines) is 1. The Kier molecular flexibility index (Phi) is 7.14. The fraction of sp³-hybridized carbons (Fsp3) is 0.579. The molecule has 0 aromatic heterocycles. The second-order valence-electron chi connectivity index (χ2n) is 6.52. The second-order valence-corrected chi connectivity index (χ2v) is 6.93. The van der Waals surface area contributed by atoms with Gasteiger partial charge in [-0.05, 0) is 45.2 Å². The smallest absolute Gasteiger partial charge is 0.309 e. The van der Waals surface area contributed by atoms with Crippen molar-refractivity contribution in [1.82, 2.24) is 4.90 Å². The third-order valence-corrected chi connectivity index (χ3v) is 5.06. The van der Waals surface area contributed by atoms with E-state index in [9.17, 15) is 9.59 Å². The van der Waals surface area contributed by atoms with Gasteiger partial charge in [-0.2, -0.15) is 0 Å². The molecule has 1 saturated heterocycles. The van der Waals surface area contributed by atoms with Crippen LogP contribution in [0.4, 0.5) is 5.69 Å². The van der Waals surface area contributed by atoms with Crippen LogP contribution in [0.5, 0.6) is 5.75 Å². The molecule has 26 heavy (non-hydrogen) atoms. The Bertz CT molecular complexity index is 657. The zero-order valence-electron chi connectivity index (χ0n) is 15.8. The van der Waals surface area contributed by atoms with Gasteiger partial charge in [0.1, 0.15) is 11.8 Å². The maximum Gasteiger partial charge on any atom is 0.309 e. The number of hydrogen-bond acceptors (Lipinski definition) is 5. The number of ether oxygens (including phenoxy) is 2. The molecule has 0 radical (unpaired) electrons. The predicted molar refractivity (Wildman–Crippen MR) is 102 cm³/mol. The van der Waals surface area contributed by atoms with E-state index in [-0.39, 0.29) is 17.8 Å². The molecule has 1 fully saturated rings. The number of esters is 1. The van der Waals surface area contributed by atoms with Gasteiger partial charge in [-0.1, -0.05) is 11.6 Å². The lowest BCUT2D eigenvalue weighted by molar-refractivity contribution is -0.151. The summed E-state index contributed by atoms with van der Waals surface area (Å²) in [6.45, 7) is 7.04. The van der Waals surface area contributed by atoms with Gasteiger partial charge in [-0.3, -0.25) is 9.59 Å². The van der Waals surface area contributed by atoms with Gasteiger partial charge in [-0.15, -0.1) is 0 Å². The van der Waals surface area contributed by atoms with Crippen LogP contribution in [0, 0.1) is 12.8 Å². The van der Waals surface area contributed by atoms with Gasteiger partial charge in [0.2, 0.25) is 5.91 Å². The molecule has 1 atom stereocenters. The number of carbonyl (C=O) groups excluding carboxylic acids is 2. The lowest BCUT2D eigenvalue weighted by Gasteiger charge is -2.33. The number of amides is 1. The summed E-state index contributed by atoms with van der Waals surface area (Å²) in [5.74, 6) is 0.330. The van der Waals surface area contributed by atoms with Crippen LogP contribution in [0.1, 0.15) is 32.3 Å². The number of aryl methyl sites for hydroxylation is 1. The summed E-state index contributed by atoms with van der Waals surface area (Å²) in [5, 5.41) is 3.83. The summed E-state index contributed by atoms with van der Waals surface area (Å²) in [6.07, 6.45) is 1.28. The highest BCUT2D eigenvalue weighted by Crippen LogP contribution is 2.31. The fourth-order valence-electron chi connectivity index (χ4n) is 3.11. The molecule has 1 N–H and O–H groups in total. The minimum atomic E-state index is -0.413. The van der Waals surface area contributed by atoms with E-state index in [1.807, 2.05) is 19.9 Å². The molecule has 0 bridgehead atoms. The molecule has 1 aliphatic heterocycles. The molecule has 0 unspecified atom stereocenters. The van der Waals surface area contributed by atoms with Crippen molar-refractivity contribution in [2.45, 2.75) is 39.7 Å². The first-order valence-electron chi connectivity index (χ1n) is 8.93. The number of anilines is 1. The van der Waals surface area contributed by atoms with E-state index in [2.05, 4.69) is 5.32 Å². The van der Waals surface area contributed by atoms with E-state index >= 15 is 0 Å². The van der Waals surface area contributed by atoms with Gasteiger partial charge in [0.15, 0.2) is 0 Å². The van der Waals surface area contributed by atoms with Crippen LogP contribution in [0.25, 0.3) is 0 Å². The number of methoxy groups -OCH3 is 1. The number of piperidine rings is 1. The second kappa shape index (κ2) is 9.12. The highest BCUT2D eigenvalue weighted by Gasteiger charge is 2.30. The van der Waals surface area contributed by atoms with E-state index in [4.69, 9.17) is 21.1 Å². The molecule has 0 saturated carbocycles. The van der Waals surface area contributed by atoms with E-state index in [1.54, 1.807) is 25.0 Å². The van der Waals surface area contributed by atoms with Gasteiger partial charge in [0, 0.05) is 24.2 Å². The molecule has 1 heterocycles. The van der Waals surface area contributed by atoms with E-state index in [0.717, 1.165) is 11.3 Å². The molecule has 0 spiro atoms. The van der Waals surface area contributed by atoms with Crippen molar-refractivity contribution >= 4 is 29.2 Å². The Hall–Kier alpha value is -1.95. The van der Waals surface area contributed by atoms with Crippen LogP contribution in [0.2, 0.25) is 5.02 Å². The minimum Gasteiger partial charge on any atom is -0.495 e. The number of hydrogen-bond donors (Lipinski definition) is 1. The van der Waals surface area contributed by atoms with Crippen LogP contribution < -0.4 is 10.1 Å². The van der Waals surface area contributed by atoms with Crippen molar-refractivity contribution < 1.29 is 19.1 Å². The molecule has 2 rings (SSSR count). The first-order valence-corrected chi connectivity index (χ1v) is 9.31. The van der Waals surface area contributed by atoms with Crippen LogP contribution >= 0.6 is 11.6 Å². The number of benzene rings is 1. The average molecular weight is 383 g/mol. The maximum atomic E-state index is 12.7. The van der Waals surface area contributed by atoms with Crippen LogP contribution in [-0.2, 0) is 14.3 Å². The highest BCUT2D eigenvalue weighted by molar-refractivity contribution is 6.31. The maximum absolute atomic E-state index is 12.7. The van der Waals surface area contributed by atoms with Crippen molar-refractivity contribution in [2.24, 2.45) is 5.92 Å². The van der Waals surface area contributed by atoms with Crippen LogP contribution in [0.15, 0.2) is 12.1 Å². The molecular weight excluding hydrogens is 356 g/mol. The summed E-state index contributed by atoms with van der Waals surface area (Å²) >= 11 is 6.13. The number of halogens is 1. The number of nitrogens with one attached hydrogen (secondary N) is 1. The highest BCUT2D eigenvalue weighted by atomic mass is 35.5. The van der Waals surface area contributed by atoms with Gasteiger partial charge in [-0.25, -0.2) is 0 Å². The number of nitrogens with zero attached hydrogens (tertiary/aromatic N) is 1. The van der Waals surface area contributed by atoms with Crippen molar-refractivity contribution in [3.63, 3.8) is 0 Å². The van der Waals surface area contributed by atoms with E-state index in [1.165, 1.54) is 0 Å². The lowest BCUT2D eigenvalue weighted by Crippen LogP contribution is -2.46. The van der Waals surface area contributed by atoms with E-state index < -0.39 is 6.04 Å². The molecule has 6 nitrogen and oxygen atoms in total. The summed E-state index contributed by atoms with van der Waals surface area (Å²) in [4.78, 5) is 26.3. The normalized spacial score (nSPS) is 16.1. The zero-order chi connectivity index (χ0) is 19.3. The summed E-state index contributed by atoms with van der Waals surface area (Å²) in [6, 6.07) is 3.20. The molecule has 1 amide bonds. The van der Waals surface area contributed by atoms with Gasteiger partial charge in [0.25, 0.3) is 0 Å². The van der Waals surface area contributed by atoms with Crippen molar-refractivity contribution in [1.29, 1.82) is 0 Å². The van der Waals surface area contributed by atoms with Gasteiger partial charge >= 0.3 is 5.97 Å². The Morgan fingerprint density at radius 1 is 1.35 bits per heavy atom. The largest absolute Gasteiger partial charge is 0.495 e. The zero-order valence-corrected chi connectivity index (χ0v) is 16.6. The first kappa shape index (κ1) is 20.4. The quantitative estimate of drug-likeness (QED) is 0.765. The van der Waals surface area contributed by atoms with Gasteiger partial charge in [0.05, 0.1) is 25.3 Å². The fourth-order valence-corrected chi connectivity index (χ4v) is 3.26. The third kappa shape index (κ3) is 4.81. The molecular formula is C19H27ClN2O4. The Morgan fingerprint density at radius 3 is 2.58 bits per heavy atom. The molecule has 1 aromatic rings. The van der Waals surface area contributed by atoms with E-state index in [0.29, 0.717) is 43.3 Å². The third-order valence-electron chi connectivity index (χ3n) is 4.65. The topological polar surface area (TPSA) is 67.9 Å². The van der Waals surface area contributed by atoms with Gasteiger partial charge < -0.3 is 19.7 Å². The molecule has 1 aromatic carbocycles. The molecule has 0 aliphatic carbocycles. The number of rotatable bonds is 6. The minimum absolute atomic E-state index is 0.00182. The summed E-state index contributed by atoms with van der Waals surface area (Å²) in [5.41, 5.74) is 1.64. The Balaban J connectivity index is 1.97. The predicted octanol–water partition coefficient (Wildman–Crippen LogP) is 3.26. The monoisotopic (exact) mass is 382 g/mol. The van der Waals surface area contributed by atoms with Crippen molar-refractivity contribution in [3.8, 4) is 5.75 Å². The van der Waals surface area contributed by atoms with Crippen molar-refractivity contribution in [2.75, 3.05) is 32.1 Å². The van der Waals surface area contributed by atoms with Crippen LogP contribution in [0.3, 0.4) is 0 Å². The lowest BCUT2D eigenvalue weighted by atomic mass is 9.96. The Morgan fingerprint density at radius 2 is 2.00 bits per heavy atom. The first-order chi connectivity index (χ1) is 12.4. The average Bonchev–Trinajstić information content (AvgIpc) is 2.64. The molecule has 7 heteroatoms. The SMILES string of the molecule is CCOC(=O)C1CCN(C(=O)[C@@H](C)Nc2cc(C)c(Cl)cc2OC)CC1. The Labute approximate surface area is 159 Å². The summed E-state index contributed by atoms with van der Waals surface area (Å²) < 4.78 is 10.4. The molecule has 1 aliphatic rings. The van der Waals surface area contributed by atoms with Crippen LogP contribution in [-0.4, -0.2) is 49.6 Å². The standard InChI is InChI=1S/C19H27ClN2O4/c1-5-26-19(24)14-6-8-22(9-7-14)18(23)13(3)21-16-10-12(2)15(20)11-17(16)25-4/h10-11,13-14,21H,5-9H2,1-4H3/t13-/m1/s1.